The van der Waals surface area contributed by atoms with Gasteiger partial charge in [-0.2, -0.15) is 0 Å². The molecule has 0 radical (unpaired) electrons. The highest BCUT2D eigenvalue weighted by Gasteiger charge is 2.15. The van der Waals surface area contributed by atoms with E-state index in [2.05, 4.69) is 0 Å². The van der Waals surface area contributed by atoms with Gasteiger partial charge in [-0.1, -0.05) is 36.4 Å². The molecule has 84 valence electrons. The maximum absolute atomic E-state index is 10.9. The fraction of sp³-hybridized carbons (Fsp3) is 0.308. The Balaban J connectivity index is 1.72. The van der Waals surface area contributed by atoms with Crippen LogP contribution in [-0.4, -0.2) is 18.7 Å². The zero-order valence-corrected chi connectivity index (χ0v) is 8.96. The van der Waals surface area contributed by atoms with Gasteiger partial charge in [0, 0.05) is 12.5 Å². The molecule has 3 heteroatoms. The number of esters is 1. The Morgan fingerprint density at radius 2 is 2.12 bits per heavy atom. The molecule has 1 aliphatic heterocycles. The molecular formula is C13H14O3. The molecule has 1 aromatic rings. The van der Waals surface area contributed by atoms with Gasteiger partial charge in [-0.3, -0.25) is 0 Å². The van der Waals surface area contributed by atoms with Crippen LogP contribution in [-0.2, 0) is 20.9 Å². The van der Waals surface area contributed by atoms with Crippen molar-refractivity contribution in [1.29, 1.82) is 0 Å². The third kappa shape index (κ3) is 3.21. The lowest BCUT2D eigenvalue weighted by Gasteiger charge is -2.18. The van der Waals surface area contributed by atoms with Crippen LogP contribution in [0.4, 0.5) is 0 Å². The topological polar surface area (TPSA) is 35.5 Å². The van der Waals surface area contributed by atoms with E-state index >= 15 is 0 Å². The van der Waals surface area contributed by atoms with E-state index in [1.54, 1.807) is 0 Å². The molecule has 0 unspecified atom stereocenters. The Morgan fingerprint density at radius 1 is 1.31 bits per heavy atom. The number of hydrogen-bond donors (Lipinski definition) is 0. The highest BCUT2D eigenvalue weighted by molar-refractivity contribution is 5.82. The van der Waals surface area contributed by atoms with Gasteiger partial charge in [-0.05, 0) is 5.56 Å². The molecule has 0 saturated heterocycles. The Morgan fingerprint density at radius 3 is 2.88 bits per heavy atom. The van der Waals surface area contributed by atoms with E-state index in [1.807, 2.05) is 36.4 Å². The zero-order valence-electron chi connectivity index (χ0n) is 8.96. The molecule has 1 heterocycles. The summed E-state index contributed by atoms with van der Waals surface area (Å²) >= 11 is 0. The SMILES string of the molecule is O=C1C=CC[C@@H](COCc2ccccc2)O1. The van der Waals surface area contributed by atoms with Crippen LogP contribution < -0.4 is 0 Å². The van der Waals surface area contributed by atoms with E-state index in [1.165, 1.54) is 6.08 Å². The van der Waals surface area contributed by atoms with Gasteiger partial charge in [0.25, 0.3) is 0 Å². The third-order valence-corrected chi connectivity index (χ3v) is 2.35. The van der Waals surface area contributed by atoms with Crippen LogP contribution in [0.15, 0.2) is 42.5 Å². The van der Waals surface area contributed by atoms with E-state index in [9.17, 15) is 4.79 Å². The average molecular weight is 218 g/mol. The van der Waals surface area contributed by atoms with Crippen LogP contribution in [0.25, 0.3) is 0 Å². The van der Waals surface area contributed by atoms with E-state index in [0.717, 1.165) is 12.0 Å². The molecular weight excluding hydrogens is 204 g/mol. The van der Waals surface area contributed by atoms with Crippen molar-refractivity contribution in [1.82, 2.24) is 0 Å². The minimum atomic E-state index is -0.278. The first-order chi connectivity index (χ1) is 7.84. The van der Waals surface area contributed by atoms with Gasteiger partial charge < -0.3 is 9.47 Å². The van der Waals surface area contributed by atoms with Crippen LogP contribution in [0.3, 0.4) is 0 Å². The van der Waals surface area contributed by atoms with Gasteiger partial charge in [-0.15, -0.1) is 0 Å². The summed E-state index contributed by atoms with van der Waals surface area (Å²) in [4.78, 5) is 10.9. The van der Waals surface area contributed by atoms with Crippen LogP contribution in [0, 0.1) is 0 Å². The van der Waals surface area contributed by atoms with E-state index in [0.29, 0.717) is 13.2 Å². The van der Waals surface area contributed by atoms with Crippen LogP contribution in [0.2, 0.25) is 0 Å². The molecule has 1 aromatic carbocycles. The number of cyclic esters (lactones) is 1. The fourth-order valence-corrected chi connectivity index (χ4v) is 1.55. The smallest absolute Gasteiger partial charge is 0.330 e. The second-order valence-electron chi connectivity index (χ2n) is 3.70. The molecule has 0 aromatic heterocycles. The summed E-state index contributed by atoms with van der Waals surface area (Å²) in [7, 11) is 0. The fourth-order valence-electron chi connectivity index (χ4n) is 1.55. The maximum Gasteiger partial charge on any atom is 0.330 e. The molecule has 0 fully saturated rings. The minimum Gasteiger partial charge on any atom is -0.456 e. The van der Waals surface area contributed by atoms with Crippen molar-refractivity contribution in [3.05, 3.63) is 48.0 Å². The normalized spacial score (nSPS) is 19.5. The van der Waals surface area contributed by atoms with Gasteiger partial charge in [0.1, 0.15) is 6.10 Å². The zero-order chi connectivity index (χ0) is 11.2. The molecule has 0 spiro atoms. The first kappa shape index (κ1) is 10.9. The number of rotatable bonds is 4. The quantitative estimate of drug-likeness (QED) is 0.726. The second kappa shape index (κ2) is 5.47. The van der Waals surface area contributed by atoms with Gasteiger partial charge >= 0.3 is 5.97 Å². The Kier molecular flexibility index (Phi) is 3.72. The highest BCUT2D eigenvalue weighted by Crippen LogP contribution is 2.09. The van der Waals surface area contributed by atoms with Crippen LogP contribution in [0.5, 0.6) is 0 Å². The van der Waals surface area contributed by atoms with Crippen molar-refractivity contribution < 1.29 is 14.3 Å². The number of carbonyl (C=O) groups is 1. The Bertz CT molecular complexity index is 370. The van der Waals surface area contributed by atoms with Crippen LogP contribution >= 0.6 is 0 Å². The number of benzene rings is 1. The molecule has 0 saturated carbocycles. The lowest BCUT2D eigenvalue weighted by atomic mass is 10.2. The van der Waals surface area contributed by atoms with Crippen molar-refractivity contribution in [2.45, 2.75) is 19.1 Å². The lowest BCUT2D eigenvalue weighted by Crippen LogP contribution is -2.24. The van der Waals surface area contributed by atoms with Gasteiger partial charge in [-0.25, -0.2) is 4.79 Å². The summed E-state index contributed by atoms with van der Waals surface area (Å²) in [6, 6.07) is 9.93. The second-order valence-corrected chi connectivity index (χ2v) is 3.70. The number of carbonyl (C=O) groups excluding carboxylic acids is 1. The standard InChI is InChI=1S/C13H14O3/c14-13-8-4-7-12(16-13)10-15-9-11-5-2-1-3-6-11/h1-6,8,12H,7,9-10H2/t12-/m0/s1. The average Bonchev–Trinajstić information content (AvgIpc) is 2.30. The lowest BCUT2D eigenvalue weighted by molar-refractivity contribution is -0.147. The van der Waals surface area contributed by atoms with Crippen molar-refractivity contribution in [3.63, 3.8) is 0 Å². The largest absolute Gasteiger partial charge is 0.456 e. The monoisotopic (exact) mass is 218 g/mol. The maximum atomic E-state index is 10.9. The molecule has 0 aliphatic carbocycles. The summed E-state index contributed by atoms with van der Waals surface area (Å²) in [6.07, 6.45) is 3.87. The summed E-state index contributed by atoms with van der Waals surface area (Å²) in [5.74, 6) is -0.278. The first-order valence-corrected chi connectivity index (χ1v) is 5.33. The predicted octanol–water partition coefficient (Wildman–Crippen LogP) is 2.07. The number of hydrogen-bond acceptors (Lipinski definition) is 3. The van der Waals surface area contributed by atoms with Crippen molar-refractivity contribution in [3.8, 4) is 0 Å². The van der Waals surface area contributed by atoms with Crippen molar-refractivity contribution >= 4 is 5.97 Å². The van der Waals surface area contributed by atoms with E-state index in [4.69, 9.17) is 9.47 Å². The number of ether oxygens (including phenoxy) is 2. The Hall–Kier alpha value is -1.61. The summed E-state index contributed by atoms with van der Waals surface area (Å²) in [5.41, 5.74) is 1.13. The first-order valence-electron chi connectivity index (χ1n) is 5.33. The Labute approximate surface area is 94.7 Å². The summed E-state index contributed by atoms with van der Waals surface area (Å²) < 4.78 is 10.6. The molecule has 3 nitrogen and oxygen atoms in total. The van der Waals surface area contributed by atoms with Crippen LogP contribution in [0.1, 0.15) is 12.0 Å². The third-order valence-electron chi connectivity index (χ3n) is 2.35. The molecule has 16 heavy (non-hydrogen) atoms. The van der Waals surface area contributed by atoms with Gasteiger partial charge in [0.15, 0.2) is 0 Å². The summed E-state index contributed by atoms with van der Waals surface area (Å²) in [6.45, 7) is 1.00. The van der Waals surface area contributed by atoms with E-state index in [-0.39, 0.29) is 12.1 Å². The molecule has 1 aliphatic rings. The van der Waals surface area contributed by atoms with E-state index < -0.39 is 0 Å². The minimum absolute atomic E-state index is 0.138. The molecule has 1 atom stereocenters. The van der Waals surface area contributed by atoms with Crippen molar-refractivity contribution in [2.75, 3.05) is 6.61 Å². The molecule has 0 N–H and O–H groups in total. The van der Waals surface area contributed by atoms with Gasteiger partial charge in [0.05, 0.1) is 13.2 Å². The molecule has 0 bridgehead atoms. The highest BCUT2D eigenvalue weighted by atomic mass is 16.6. The van der Waals surface area contributed by atoms with Gasteiger partial charge in [0.2, 0.25) is 0 Å². The molecule has 2 rings (SSSR count). The van der Waals surface area contributed by atoms with Crippen molar-refractivity contribution in [2.24, 2.45) is 0 Å². The molecule has 0 amide bonds. The summed E-state index contributed by atoms with van der Waals surface area (Å²) in [5, 5.41) is 0. The predicted molar refractivity (Wildman–Crippen MR) is 59.7 cm³/mol.